The fourth-order valence-corrected chi connectivity index (χ4v) is 3.82. The highest BCUT2D eigenvalue weighted by molar-refractivity contribution is 5.95. The van der Waals surface area contributed by atoms with Crippen LogP contribution >= 0.6 is 0 Å². The number of nitrogens with zero attached hydrogens (tertiary/aromatic N) is 3. The Morgan fingerprint density at radius 2 is 1.53 bits per heavy atom. The summed E-state index contributed by atoms with van der Waals surface area (Å²) >= 11 is 0. The molecule has 2 amide bonds. The van der Waals surface area contributed by atoms with E-state index in [1.54, 1.807) is 21.9 Å². The van der Waals surface area contributed by atoms with Crippen LogP contribution in [0.25, 0.3) is 10.9 Å². The predicted octanol–water partition coefficient (Wildman–Crippen LogP) is 2.36. The van der Waals surface area contributed by atoms with E-state index in [4.69, 9.17) is 9.47 Å². The number of rotatable bonds is 2. The first-order chi connectivity index (χ1) is 14.7. The molecule has 0 bridgehead atoms. The third kappa shape index (κ3) is 3.43. The Balaban J connectivity index is 1.21. The minimum absolute atomic E-state index is 0.111. The van der Waals surface area contributed by atoms with Crippen molar-refractivity contribution >= 4 is 22.7 Å². The Morgan fingerprint density at radius 1 is 0.833 bits per heavy atom. The van der Waals surface area contributed by atoms with Crippen molar-refractivity contribution in [3.63, 3.8) is 0 Å². The lowest BCUT2D eigenvalue weighted by molar-refractivity contribution is -0.142. The van der Waals surface area contributed by atoms with Crippen molar-refractivity contribution in [2.45, 2.75) is 6.10 Å². The molecule has 7 heteroatoms. The summed E-state index contributed by atoms with van der Waals surface area (Å²) in [5, 5.41) is 1.00. The van der Waals surface area contributed by atoms with Crippen LogP contribution in [0, 0.1) is 0 Å². The van der Waals surface area contributed by atoms with E-state index in [9.17, 15) is 9.59 Å². The first kappa shape index (κ1) is 18.4. The molecule has 0 spiro atoms. The van der Waals surface area contributed by atoms with Gasteiger partial charge >= 0.3 is 0 Å². The zero-order valence-corrected chi connectivity index (χ0v) is 16.4. The molecular weight excluding hydrogens is 382 g/mol. The molecule has 3 aromatic rings. The molecule has 3 heterocycles. The van der Waals surface area contributed by atoms with Gasteiger partial charge in [0.15, 0.2) is 11.5 Å². The quantitative estimate of drug-likeness (QED) is 0.657. The van der Waals surface area contributed by atoms with Crippen LogP contribution in [0.2, 0.25) is 0 Å². The van der Waals surface area contributed by atoms with Crippen molar-refractivity contribution in [1.29, 1.82) is 0 Å². The summed E-state index contributed by atoms with van der Waals surface area (Å²) in [4.78, 5) is 33.7. The lowest BCUT2D eigenvalue weighted by atomic mass is 10.2. The predicted molar refractivity (Wildman–Crippen MR) is 111 cm³/mol. The summed E-state index contributed by atoms with van der Waals surface area (Å²) in [5.41, 5.74) is 1.22. The van der Waals surface area contributed by atoms with Crippen molar-refractivity contribution in [2.24, 2.45) is 0 Å². The normalized spacial score (nSPS) is 18.3. The van der Waals surface area contributed by atoms with E-state index in [0.717, 1.165) is 10.9 Å². The number of piperazine rings is 1. The molecule has 152 valence electrons. The number of carbonyl (C=O) groups excluding carboxylic acids is 2. The summed E-state index contributed by atoms with van der Waals surface area (Å²) in [6.45, 7) is 2.03. The zero-order chi connectivity index (χ0) is 20.5. The molecule has 5 rings (SSSR count). The second kappa shape index (κ2) is 7.67. The number of para-hydroxylation sites is 3. The van der Waals surface area contributed by atoms with Gasteiger partial charge in [0.05, 0.1) is 5.52 Å². The van der Waals surface area contributed by atoms with Gasteiger partial charge in [0.1, 0.15) is 12.3 Å². The number of ether oxygens (including phenoxy) is 2. The number of aromatic nitrogens is 1. The highest BCUT2D eigenvalue weighted by atomic mass is 16.6. The molecule has 30 heavy (non-hydrogen) atoms. The lowest BCUT2D eigenvalue weighted by Crippen LogP contribution is -2.55. The Labute approximate surface area is 173 Å². The highest BCUT2D eigenvalue weighted by Crippen LogP contribution is 2.31. The van der Waals surface area contributed by atoms with Crippen molar-refractivity contribution in [2.75, 3.05) is 32.8 Å². The van der Waals surface area contributed by atoms with E-state index in [-0.39, 0.29) is 18.4 Å². The van der Waals surface area contributed by atoms with Gasteiger partial charge in [-0.1, -0.05) is 36.4 Å². The molecule has 1 aromatic heterocycles. The molecule has 1 saturated heterocycles. The van der Waals surface area contributed by atoms with Crippen LogP contribution in [0.5, 0.6) is 11.5 Å². The van der Waals surface area contributed by atoms with Gasteiger partial charge in [0, 0.05) is 31.6 Å². The van der Waals surface area contributed by atoms with E-state index in [1.165, 1.54) is 0 Å². The van der Waals surface area contributed by atoms with E-state index >= 15 is 0 Å². The molecule has 1 fully saturated rings. The summed E-state index contributed by atoms with van der Waals surface area (Å²) in [7, 11) is 0. The molecule has 1 unspecified atom stereocenters. The smallest absolute Gasteiger partial charge is 0.272 e. The maximum atomic E-state index is 12.9. The molecule has 2 aliphatic rings. The van der Waals surface area contributed by atoms with Gasteiger partial charge in [0.2, 0.25) is 6.10 Å². The number of benzene rings is 2. The highest BCUT2D eigenvalue weighted by Gasteiger charge is 2.33. The molecule has 0 radical (unpaired) electrons. The largest absolute Gasteiger partial charge is 0.485 e. The van der Waals surface area contributed by atoms with Crippen LogP contribution in [0.4, 0.5) is 0 Å². The molecule has 0 N–H and O–H groups in total. The molecule has 7 nitrogen and oxygen atoms in total. The zero-order valence-electron chi connectivity index (χ0n) is 16.4. The third-order valence-corrected chi connectivity index (χ3v) is 5.48. The second-order valence-electron chi connectivity index (χ2n) is 7.37. The monoisotopic (exact) mass is 403 g/mol. The standard InChI is InChI=1S/C23H21N3O4/c27-22(18-10-9-16-5-1-2-6-17(16)24-18)25-11-13-26(14-12-25)23(28)21-15-29-19-7-3-4-8-20(19)30-21/h1-10,21H,11-15H2. The topological polar surface area (TPSA) is 72.0 Å². The Morgan fingerprint density at radius 3 is 2.37 bits per heavy atom. The Hall–Kier alpha value is -3.61. The summed E-state index contributed by atoms with van der Waals surface area (Å²) in [6, 6.07) is 18.7. The maximum absolute atomic E-state index is 12.9. The minimum atomic E-state index is -0.663. The van der Waals surface area contributed by atoms with Gasteiger partial charge in [-0.15, -0.1) is 0 Å². The minimum Gasteiger partial charge on any atom is -0.485 e. The summed E-state index contributed by atoms with van der Waals surface area (Å²) in [6.07, 6.45) is -0.663. The van der Waals surface area contributed by atoms with E-state index in [1.807, 2.05) is 48.5 Å². The molecule has 0 aliphatic carbocycles. The average Bonchev–Trinajstić information content (AvgIpc) is 2.82. The van der Waals surface area contributed by atoms with Crippen molar-refractivity contribution in [1.82, 2.24) is 14.8 Å². The van der Waals surface area contributed by atoms with Gasteiger partial charge in [-0.05, 0) is 24.3 Å². The summed E-state index contributed by atoms with van der Waals surface area (Å²) in [5.74, 6) is 1.01. The molecule has 0 saturated carbocycles. The van der Waals surface area contributed by atoms with Crippen LogP contribution in [0.3, 0.4) is 0 Å². The SMILES string of the molecule is O=C(c1ccc2ccccc2n1)N1CCN(C(=O)C2COc3ccccc3O2)CC1. The number of hydrogen-bond donors (Lipinski definition) is 0. The van der Waals surface area contributed by atoms with E-state index in [2.05, 4.69) is 4.98 Å². The van der Waals surface area contributed by atoms with Gasteiger partial charge in [0.25, 0.3) is 11.8 Å². The van der Waals surface area contributed by atoms with Crippen LogP contribution < -0.4 is 9.47 Å². The van der Waals surface area contributed by atoms with Crippen molar-refractivity contribution in [3.8, 4) is 11.5 Å². The van der Waals surface area contributed by atoms with Crippen LogP contribution in [-0.2, 0) is 4.79 Å². The molecule has 2 aliphatic heterocycles. The van der Waals surface area contributed by atoms with E-state index < -0.39 is 6.10 Å². The molecule has 2 aromatic carbocycles. The van der Waals surface area contributed by atoms with Gasteiger partial charge in [-0.3, -0.25) is 9.59 Å². The number of hydrogen-bond acceptors (Lipinski definition) is 5. The fraction of sp³-hybridized carbons (Fsp3) is 0.261. The lowest BCUT2D eigenvalue weighted by Gasteiger charge is -2.37. The third-order valence-electron chi connectivity index (χ3n) is 5.48. The van der Waals surface area contributed by atoms with Crippen LogP contribution in [-0.4, -0.2) is 65.5 Å². The van der Waals surface area contributed by atoms with Gasteiger partial charge in [-0.2, -0.15) is 0 Å². The number of carbonyl (C=O) groups is 2. The van der Waals surface area contributed by atoms with Crippen LogP contribution in [0.1, 0.15) is 10.5 Å². The molecular formula is C23H21N3O4. The number of fused-ring (bicyclic) bond motifs is 2. The van der Waals surface area contributed by atoms with Crippen LogP contribution in [0.15, 0.2) is 60.7 Å². The van der Waals surface area contributed by atoms with E-state index in [0.29, 0.717) is 43.4 Å². The maximum Gasteiger partial charge on any atom is 0.272 e. The fourth-order valence-electron chi connectivity index (χ4n) is 3.82. The first-order valence-corrected chi connectivity index (χ1v) is 10.0. The second-order valence-corrected chi connectivity index (χ2v) is 7.37. The summed E-state index contributed by atoms with van der Waals surface area (Å²) < 4.78 is 11.5. The Bertz CT molecular complexity index is 1110. The van der Waals surface area contributed by atoms with Crippen molar-refractivity contribution < 1.29 is 19.1 Å². The van der Waals surface area contributed by atoms with Gasteiger partial charge < -0.3 is 19.3 Å². The van der Waals surface area contributed by atoms with Gasteiger partial charge in [-0.25, -0.2) is 4.98 Å². The van der Waals surface area contributed by atoms with Crippen molar-refractivity contribution in [3.05, 3.63) is 66.4 Å². The number of pyridine rings is 1. The Kier molecular flexibility index (Phi) is 4.71. The molecule has 1 atom stereocenters. The average molecular weight is 403 g/mol. The first-order valence-electron chi connectivity index (χ1n) is 10.0. The number of amides is 2.